The number of thiophene rings is 1. The average Bonchev–Trinajstić information content (AvgIpc) is 3.82. The molecule has 292 valence electrons. The normalized spacial score (nSPS) is 24.4. The molecule has 4 heterocycles. The largest absolute Gasteiger partial charge is 0.490 e. The molecular formula is C38H42F5N3O7S. The van der Waals surface area contributed by atoms with E-state index in [1.165, 1.54) is 15.2 Å². The topological polar surface area (TPSA) is 130 Å². The number of piperidine rings is 2. The summed E-state index contributed by atoms with van der Waals surface area (Å²) < 4.78 is 82.2. The van der Waals surface area contributed by atoms with Crippen molar-refractivity contribution in [1.82, 2.24) is 14.8 Å². The highest BCUT2D eigenvalue weighted by atomic mass is 32.1. The number of para-hydroxylation sites is 1. The summed E-state index contributed by atoms with van der Waals surface area (Å²) in [6.07, 6.45) is -4.70. The van der Waals surface area contributed by atoms with Crippen molar-refractivity contribution < 1.29 is 56.0 Å². The van der Waals surface area contributed by atoms with Gasteiger partial charge in [-0.3, -0.25) is 19.4 Å². The molecule has 0 spiro atoms. The smallest absolute Gasteiger partial charge is 0.418 e. The van der Waals surface area contributed by atoms with Gasteiger partial charge in [-0.05, 0) is 69.2 Å². The maximum Gasteiger partial charge on any atom is 0.418 e. The number of nitrogens with zero attached hydrogens (tertiary/aromatic N) is 3. The van der Waals surface area contributed by atoms with Crippen LogP contribution in [0.1, 0.15) is 97.6 Å². The van der Waals surface area contributed by atoms with Crippen LogP contribution in [0.15, 0.2) is 54.0 Å². The highest BCUT2D eigenvalue weighted by molar-refractivity contribution is 7.10. The molecule has 6 rings (SSSR count). The number of aliphatic carboxylic acids is 1. The first-order valence-electron chi connectivity index (χ1n) is 18.1. The van der Waals surface area contributed by atoms with Gasteiger partial charge in [-0.25, -0.2) is 8.78 Å². The Morgan fingerprint density at radius 2 is 1.80 bits per heavy atom. The fraction of sp³-hybridized carbons (Fsp3) is 0.526. The third-order valence-corrected chi connectivity index (χ3v) is 11.7. The molecule has 2 aliphatic heterocycles. The van der Waals surface area contributed by atoms with Gasteiger partial charge in [0.15, 0.2) is 0 Å². The molecule has 1 aliphatic carbocycles. The summed E-state index contributed by atoms with van der Waals surface area (Å²) in [5.41, 5.74) is -4.84. The van der Waals surface area contributed by atoms with Crippen LogP contribution in [-0.2, 0) is 21.4 Å². The van der Waals surface area contributed by atoms with Crippen LogP contribution in [0, 0.1) is 5.92 Å². The molecule has 3 aromatic rings. The Hall–Kier alpha value is -4.31. The number of hydrogen-bond donors (Lipinski definition) is 2. The number of pyridine rings is 1. The van der Waals surface area contributed by atoms with Crippen molar-refractivity contribution in [1.29, 1.82) is 0 Å². The zero-order valence-electron chi connectivity index (χ0n) is 29.6. The molecule has 3 aliphatic rings. The zero-order chi connectivity index (χ0) is 38.8. The molecule has 0 radical (unpaired) electrons. The quantitative estimate of drug-likeness (QED) is 0.192. The van der Waals surface area contributed by atoms with E-state index in [2.05, 4.69) is 4.98 Å². The van der Waals surface area contributed by atoms with Crippen LogP contribution in [0.3, 0.4) is 0 Å². The second-order valence-corrected chi connectivity index (χ2v) is 15.1. The SMILES string of the molecule is CCCC1N(C(=O)c2ncccc2C(F)(F)F)CCCC1(Oc1csc(C(F)F)c1)C(=O)N1CCC(O)(c2ccccc2OC2CCC(C(=O)O)C2)CC1. The Labute approximate surface area is 312 Å². The van der Waals surface area contributed by atoms with E-state index in [0.29, 0.717) is 37.0 Å². The number of benzene rings is 1. The van der Waals surface area contributed by atoms with Crippen LogP contribution < -0.4 is 9.47 Å². The average molecular weight is 780 g/mol. The number of carboxylic acid groups (broad SMARTS) is 1. The number of amides is 2. The third kappa shape index (κ3) is 7.90. The summed E-state index contributed by atoms with van der Waals surface area (Å²) in [5.74, 6) is -2.60. The summed E-state index contributed by atoms with van der Waals surface area (Å²) in [6, 6.07) is 8.83. The van der Waals surface area contributed by atoms with Gasteiger partial charge < -0.3 is 29.5 Å². The molecule has 16 heteroatoms. The highest BCUT2D eigenvalue weighted by Gasteiger charge is 2.56. The van der Waals surface area contributed by atoms with Crippen LogP contribution in [0.2, 0.25) is 0 Å². The lowest BCUT2D eigenvalue weighted by molar-refractivity contribution is -0.163. The number of ether oxygens (including phenoxy) is 2. The third-order valence-electron chi connectivity index (χ3n) is 10.8. The van der Waals surface area contributed by atoms with Crippen molar-refractivity contribution in [3.8, 4) is 11.5 Å². The maximum absolute atomic E-state index is 14.9. The fourth-order valence-corrected chi connectivity index (χ4v) is 8.73. The zero-order valence-corrected chi connectivity index (χ0v) is 30.4. The molecular weight excluding hydrogens is 737 g/mol. The van der Waals surface area contributed by atoms with Gasteiger partial charge in [-0.1, -0.05) is 31.5 Å². The van der Waals surface area contributed by atoms with Gasteiger partial charge in [-0.2, -0.15) is 13.2 Å². The number of rotatable bonds is 11. The molecule has 4 atom stereocenters. The number of halogens is 5. The van der Waals surface area contributed by atoms with E-state index in [-0.39, 0.29) is 68.5 Å². The van der Waals surface area contributed by atoms with Crippen LogP contribution in [0.4, 0.5) is 22.0 Å². The van der Waals surface area contributed by atoms with E-state index in [1.807, 2.05) is 0 Å². The predicted molar refractivity (Wildman–Crippen MR) is 186 cm³/mol. The molecule has 0 bridgehead atoms. The molecule has 54 heavy (non-hydrogen) atoms. The van der Waals surface area contributed by atoms with Crippen molar-refractivity contribution in [2.24, 2.45) is 5.92 Å². The number of aliphatic hydroxyl groups is 1. The van der Waals surface area contributed by atoms with E-state index in [4.69, 9.17) is 9.47 Å². The molecule has 10 nitrogen and oxygen atoms in total. The summed E-state index contributed by atoms with van der Waals surface area (Å²) in [7, 11) is 0. The van der Waals surface area contributed by atoms with Gasteiger partial charge >= 0.3 is 12.1 Å². The summed E-state index contributed by atoms with van der Waals surface area (Å²) in [6.45, 7) is 1.85. The molecule has 1 aromatic carbocycles. The monoisotopic (exact) mass is 779 g/mol. The van der Waals surface area contributed by atoms with Crippen molar-refractivity contribution >= 4 is 29.1 Å². The minimum atomic E-state index is -4.88. The molecule has 2 saturated heterocycles. The second-order valence-electron chi connectivity index (χ2n) is 14.2. The van der Waals surface area contributed by atoms with E-state index in [0.717, 1.165) is 35.7 Å². The number of aromatic nitrogens is 1. The van der Waals surface area contributed by atoms with Crippen LogP contribution >= 0.6 is 11.3 Å². The van der Waals surface area contributed by atoms with E-state index >= 15 is 0 Å². The van der Waals surface area contributed by atoms with E-state index in [9.17, 15) is 46.5 Å². The number of hydrogen-bond acceptors (Lipinski definition) is 8. The lowest BCUT2D eigenvalue weighted by atomic mass is 9.78. The number of carboxylic acids is 1. The lowest BCUT2D eigenvalue weighted by Crippen LogP contribution is -2.68. The first-order valence-corrected chi connectivity index (χ1v) is 18.9. The van der Waals surface area contributed by atoms with Gasteiger partial charge in [0.1, 0.15) is 17.2 Å². The Morgan fingerprint density at radius 1 is 1.06 bits per heavy atom. The predicted octanol–water partition coefficient (Wildman–Crippen LogP) is 7.46. The minimum absolute atomic E-state index is 0.00637. The molecule has 4 unspecified atom stereocenters. The molecule has 2 amide bonds. The Balaban J connectivity index is 1.30. The van der Waals surface area contributed by atoms with Crippen molar-refractivity contribution in [3.05, 3.63) is 75.7 Å². The Kier molecular flexibility index (Phi) is 11.5. The molecule has 2 N–H and O–H groups in total. The van der Waals surface area contributed by atoms with Gasteiger partial charge in [0.05, 0.1) is 34.1 Å². The van der Waals surface area contributed by atoms with Gasteiger partial charge in [0.25, 0.3) is 18.2 Å². The number of carbonyl (C=O) groups is 3. The minimum Gasteiger partial charge on any atom is -0.490 e. The Morgan fingerprint density at radius 3 is 2.44 bits per heavy atom. The standard InChI is InChI=1S/C38H42F5N3O7S/c1-2-7-30-37(53-25-21-29(32(39)40)54-22-25,13-6-17-46(30)33(47)31-27(38(41,42)43)9-5-16-44-31)35(50)45-18-14-36(51,15-19-45)26-8-3-4-10-28(26)52-24-12-11-23(20-24)34(48)49/h3-5,8-10,16,21-24,30,32,51H,2,6-7,11-15,17-20H2,1H3,(H,48,49). The number of likely N-dealkylation sites (tertiary alicyclic amines) is 2. The van der Waals surface area contributed by atoms with Crippen molar-refractivity contribution in [2.75, 3.05) is 19.6 Å². The van der Waals surface area contributed by atoms with E-state index < -0.39 is 64.8 Å². The van der Waals surface area contributed by atoms with Crippen molar-refractivity contribution in [2.45, 2.75) is 101 Å². The summed E-state index contributed by atoms with van der Waals surface area (Å²) >= 11 is 0.737. The molecule has 1 saturated carbocycles. The fourth-order valence-electron chi connectivity index (χ4n) is 8.08. The number of carbonyl (C=O) groups excluding carboxylic acids is 2. The second kappa shape index (κ2) is 15.8. The first-order chi connectivity index (χ1) is 25.7. The summed E-state index contributed by atoms with van der Waals surface area (Å²) in [4.78, 5) is 46.7. The van der Waals surface area contributed by atoms with Crippen LogP contribution in [0.25, 0.3) is 0 Å². The summed E-state index contributed by atoms with van der Waals surface area (Å²) in [5, 5.41) is 22.8. The van der Waals surface area contributed by atoms with Crippen molar-refractivity contribution in [3.63, 3.8) is 0 Å². The number of alkyl halides is 5. The highest BCUT2D eigenvalue weighted by Crippen LogP contribution is 2.44. The molecule has 3 fully saturated rings. The lowest BCUT2D eigenvalue weighted by Gasteiger charge is -2.51. The first kappa shape index (κ1) is 39.4. The van der Waals surface area contributed by atoms with Crippen LogP contribution in [-0.4, -0.2) is 80.2 Å². The van der Waals surface area contributed by atoms with Gasteiger partial charge in [0, 0.05) is 43.2 Å². The van der Waals surface area contributed by atoms with E-state index in [1.54, 1.807) is 31.2 Å². The van der Waals surface area contributed by atoms with Crippen LogP contribution in [0.5, 0.6) is 11.5 Å². The maximum atomic E-state index is 14.9. The molecule has 2 aromatic heterocycles. The van der Waals surface area contributed by atoms with Gasteiger partial charge in [0.2, 0.25) is 5.60 Å². The Bertz CT molecular complexity index is 1830. The van der Waals surface area contributed by atoms with Gasteiger partial charge in [-0.15, -0.1) is 11.3 Å².